The fraction of sp³-hybridized carbons (Fsp3) is 0.100. The second-order valence-corrected chi connectivity index (χ2v) is 7.42. The van der Waals surface area contributed by atoms with E-state index in [1.54, 1.807) is 30.5 Å². The second kappa shape index (κ2) is 9.05. The van der Waals surface area contributed by atoms with Gasteiger partial charge >= 0.3 is 0 Å². The molecule has 0 aliphatic heterocycles. The van der Waals surface area contributed by atoms with Crippen molar-refractivity contribution in [2.24, 2.45) is 0 Å². The molecule has 0 spiro atoms. The van der Waals surface area contributed by atoms with Crippen LogP contribution in [-0.4, -0.2) is 17.1 Å². The molecule has 0 aliphatic rings. The van der Waals surface area contributed by atoms with Gasteiger partial charge in [0.1, 0.15) is 5.75 Å². The number of aromatic nitrogens is 1. The Labute approximate surface area is 175 Å². The number of rotatable bonds is 6. The van der Waals surface area contributed by atoms with Crippen LogP contribution >= 0.6 is 34.2 Å². The van der Waals surface area contributed by atoms with Crippen LogP contribution in [0, 0.1) is 3.57 Å². The molecule has 27 heavy (non-hydrogen) atoms. The van der Waals surface area contributed by atoms with Gasteiger partial charge in [0.05, 0.1) is 12.2 Å². The van der Waals surface area contributed by atoms with Crippen molar-refractivity contribution < 1.29 is 9.53 Å². The topological polar surface area (TPSA) is 60.3 Å². The van der Waals surface area contributed by atoms with E-state index in [0.29, 0.717) is 23.0 Å². The average Bonchev–Trinajstić information content (AvgIpc) is 2.66. The zero-order valence-electron chi connectivity index (χ0n) is 14.2. The first-order valence-corrected chi connectivity index (χ1v) is 9.59. The molecule has 5 nitrogen and oxygen atoms in total. The minimum Gasteiger partial charge on any atom is -0.484 e. The highest BCUT2D eigenvalue weighted by atomic mass is 127. The molecule has 1 aromatic heterocycles. The Balaban J connectivity index is 1.65. The number of anilines is 1. The Bertz CT molecular complexity index is 1000. The van der Waals surface area contributed by atoms with Crippen LogP contribution in [0.15, 0.2) is 71.7 Å². The summed E-state index contributed by atoms with van der Waals surface area (Å²) < 4.78 is 8.04. The van der Waals surface area contributed by atoms with Crippen LogP contribution in [0.3, 0.4) is 0 Å². The normalized spacial score (nSPS) is 10.4. The van der Waals surface area contributed by atoms with Gasteiger partial charge in [0.25, 0.3) is 11.5 Å². The van der Waals surface area contributed by atoms with Crippen molar-refractivity contribution in [3.8, 4) is 5.75 Å². The molecule has 3 rings (SSSR count). The molecule has 0 saturated heterocycles. The van der Waals surface area contributed by atoms with Crippen molar-refractivity contribution in [1.29, 1.82) is 0 Å². The zero-order valence-corrected chi connectivity index (χ0v) is 17.1. The van der Waals surface area contributed by atoms with Gasteiger partial charge in [0.15, 0.2) is 6.61 Å². The number of benzene rings is 2. The molecule has 0 aliphatic carbocycles. The van der Waals surface area contributed by atoms with Gasteiger partial charge in [-0.1, -0.05) is 29.8 Å². The third-order valence-electron chi connectivity index (χ3n) is 3.75. The van der Waals surface area contributed by atoms with E-state index in [1.165, 1.54) is 10.6 Å². The molecule has 1 N–H and O–H groups in total. The van der Waals surface area contributed by atoms with Gasteiger partial charge in [-0.3, -0.25) is 9.59 Å². The highest BCUT2D eigenvalue weighted by molar-refractivity contribution is 14.1. The number of carbonyl (C=O) groups excluding carboxylic acids is 1. The van der Waals surface area contributed by atoms with E-state index in [-0.39, 0.29) is 18.1 Å². The summed E-state index contributed by atoms with van der Waals surface area (Å²) in [6.45, 7) is 0.200. The minimum atomic E-state index is -0.309. The number of hydrogen-bond acceptors (Lipinski definition) is 3. The summed E-state index contributed by atoms with van der Waals surface area (Å²) in [4.78, 5) is 24.2. The number of carbonyl (C=O) groups is 1. The van der Waals surface area contributed by atoms with E-state index in [4.69, 9.17) is 16.3 Å². The summed E-state index contributed by atoms with van der Waals surface area (Å²) in [6, 6.07) is 17.7. The third kappa shape index (κ3) is 5.58. The van der Waals surface area contributed by atoms with Crippen LogP contribution in [0.25, 0.3) is 0 Å². The van der Waals surface area contributed by atoms with Crippen LogP contribution in [-0.2, 0) is 11.3 Å². The molecule has 0 atom stereocenters. The lowest BCUT2D eigenvalue weighted by atomic mass is 10.2. The first-order valence-electron chi connectivity index (χ1n) is 8.13. The van der Waals surface area contributed by atoms with Crippen molar-refractivity contribution in [1.82, 2.24) is 4.57 Å². The molecule has 0 fully saturated rings. The second-order valence-electron chi connectivity index (χ2n) is 5.77. The number of amides is 1. The van der Waals surface area contributed by atoms with E-state index in [9.17, 15) is 9.59 Å². The molecule has 3 aromatic rings. The predicted octanol–water partition coefficient (Wildman–Crippen LogP) is 4.17. The Morgan fingerprint density at radius 3 is 2.56 bits per heavy atom. The van der Waals surface area contributed by atoms with Crippen LogP contribution < -0.4 is 15.6 Å². The zero-order chi connectivity index (χ0) is 19.2. The molecule has 0 unspecified atom stereocenters. The predicted molar refractivity (Wildman–Crippen MR) is 115 cm³/mol. The molecule has 1 amide bonds. The van der Waals surface area contributed by atoms with Gasteiger partial charge in [-0.05, 0) is 64.6 Å². The Kier molecular flexibility index (Phi) is 6.52. The molecule has 0 radical (unpaired) electrons. The Morgan fingerprint density at radius 2 is 1.81 bits per heavy atom. The molecular formula is C20H16ClIN2O3. The average molecular weight is 495 g/mol. The summed E-state index contributed by atoms with van der Waals surface area (Å²) in [5.74, 6) is 0.311. The smallest absolute Gasteiger partial charge is 0.262 e. The molecule has 7 heteroatoms. The lowest BCUT2D eigenvalue weighted by molar-refractivity contribution is -0.118. The van der Waals surface area contributed by atoms with Crippen molar-refractivity contribution in [2.45, 2.75) is 6.54 Å². The molecule has 0 bridgehead atoms. The molecule has 2 aromatic carbocycles. The molecular weight excluding hydrogens is 479 g/mol. The van der Waals surface area contributed by atoms with Crippen LogP contribution in [0.5, 0.6) is 5.75 Å². The maximum absolute atomic E-state index is 12.1. The summed E-state index contributed by atoms with van der Waals surface area (Å²) >= 11 is 8.36. The van der Waals surface area contributed by atoms with E-state index >= 15 is 0 Å². The maximum atomic E-state index is 12.1. The SMILES string of the molecule is O=C(COc1ccc(I)cc1)Nc1ccc(=O)n(Cc2ccccc2Cl)c1. The fourth-order valence-corrected chi connectivity index (χ4v) is 2.97. The fourth-order valence-electron chi connectivity index (χ4n) is 2.42. The van der Waals surface area contributed by atoms with Gasteiger partial charge in [-0.25, -0.2) is 0 Å². The monoisotopic (exact) mass is 494 g/mol. The van der Waals surface area contributed by atoms with Gasteiger partial charge < -0.3 is 14.6 Å². The summed E-state index contributed by atoms with van der Waals surface area (Å²) in [7, 11) is 0. The summed E-state index contributed by atoms with van der Waals surface area (Å²) in [5, 5.41) is 3.32. The standard InChI is InChI=1S/C20H16ClIN2O3/c21-18-4-2-1-3-14(18)11-24-12-16(7-10-20(24)26)23-19(25)13-27-17-8-5-15(22)6-9-17/h1-10,12H,11,13H2,(H,23,25). The number of nitrogens with one attached hydrogen (secondary N) is 1. The highest BCUT2D eigenvalue weighted by Gasteiger charge is 2.07. The van der Waals surface area contributed by atoms with E-state index in [1.807, 2.05) is 30.3 Å². The maximum Gasteiger partial charge on any atom is 0.262 e. The third-order valence-corrected chi connectivity index (χ3v) is 4.84. The van der Waals surface area contributed by atoms with E-state index in [2.05, 4.69) is 27.9 Å². The number of pyridine rings is 1. The summed E-state index contributed by atoms with van der Waals surface area (Å²) in [5.41, 5.74) is 1.16. The van der Waals surface area contributed by atoms with Gasteiger partial charge in [0.2, 0.25) is 0 Å². The first kappa shape index (κ1) is 19.4. The quantitative estimate of drug-likeness (QED) is 0.523. The number of nitrogens with zero attached hydrogens (tertiary/aromatic N) is 1. The van der Waals surface area contributed by atoms with Crippen molar-refractivity contribution in [2.75, 3.05) is 11.9 Å². The summed E-state index contributed by atoms with van der Waals surface area (Å²) in [6.07, 6.45) is 1.59. The number of hydrogen-bond donors (Lipinski definition) is 1. The van der Waals surface area contributed by atoms with E-state index in [0.717, 1.165) is 9.13 Å². The van der Waals surface area contributed by atoms with Crippen molar-refractivity contribution >= 4 is 45.8 Å². The van der Waals surface area contributed by atoms with Crippen LogP contribution in [0.4, 0.5) is 5.69 Å². The Hall–Kier alpha value is -2.32. The lowest BCUT2D eigenvalue weighted by Gasteiger charge is -2.11. The van der Waals surface area contributed by atoms with Crippen LogP contribution in [0.1, 0.15) is 5.56 Å². The largest absolute Gasteiger partial charge is 0.484 e. The van der Waals surface area contributed by atoms with Gasteiger partial charge in [0, 0.05) is 20.9 Å². The minimum absolute atomic E-state index is 0.121. The highest BCUT2D eigenvalue weighted by Crippen LogP contribution is 2.16. The van der Waals surface area contributed by atoms with Crippen molar-refractivity contribution in [3.05, 3.63) is 91.4 Å². The first-order chi connectivity index (χ1) is 13.0. The van der Waals surface area contributed by atoms with Crippen LogP contribution in [0.2, 0.25) is 5.02 Å². The molecule has 0 saturated carbocycles. The molecule has 1 heterocycles. The number of ether oxygens (including phenoxy) is 1. The van der Waals surface area contributed by atoms with E-state index < -0.39 is 0 Å². The van der Waals surface area contributed by atoms with Crippen molar-refractivity contribution in [3.63, 3.8) is 0 Å². The van der Waals surface area contributed by atoms with Gasteiger partial charge in [-0.15, -0.1) is 0 Å². The Morgan fingerprint density at radius 1 is 1.07 bits per heavy atom. The molecule has 138 valence electrons. The lowest BCUT2D eigenvalue weighted by Crippen LogP contribution is -2.23. The van der Waals surface area contributed by atoms with Gasteiger partial charge in [-0.2, -0.15) is 0 Å². The number of halogens is 2.